The molecule has 0 aromatic heterocycles. The van der Waals surface area contributed by atoms with Crippen molar-refractivity contribution in [1.82, 2.24) is 15.5 Å². The molecule has 2 aromatic carbocycles. The monoisotopic (exact) mass is 559 g/mol. The van der Waals surface area contributed by atoms with Gasteiger partial charge in [0, 0.05) is 24.6 Å². The molecule has 8 nitrogen and oxygen atoms in total. The third-order valence-corrected chi connectivity index (χ3v) is 6.90. The van der Waals surface area contributed by atoms with Crippen molar-refractivity contribution in [2.45, 2.75) is 83.0 Å². The van der Waals surface area contributed by atoms with Gasteiger partial charge in [-0.05, 0) is 62.9 Å². The molecular formula is C33H41N3O5. The number of hydrogen-bond donors (Lipinski definition) is 3. The fourth-order valence-electron chi connectivity index (χ4n) is 5.02. The number of hydrogen-bond acceptors (Lipinski definition) is 5. The van der Waals surface area contributed by atoms with E-state index in [0.717, 1.165) is 32.1 Å². The molecule has 3 rings (SSSR count). The average Bonchev–Trinajstić information content (AvgIpc) is 2.93. The Labute approximate surface area is 243 Å². The Morgan fingerprint density at radius 1 is 1.12 bits per heavy atom. The van der Waals surface area contributed by atoms with E-state index in [4.69, 9.17) is 11.2 Å². The summed E-state index contributed by atoms with van der Waals surface area (Å²) in [6.07, 6.45) is 11.6. The molecule has 3 N–H and O–H groups in total. The molecule has 218 valence electrons. The van der Waals surface area contributed by atoms with Crippen molar-refractivity contribution in [3.63, 3.8) is 0 Å². The van der Waals surface area contributed by atoms with Gasteiger partial charge < -0.3 is 25.4 Å². The molecular weight excluding hydrogens is 518 g/mol. The van der Waals surface area contributed by atoms with E-state index in [1.807, 2.05) is 0 Å². The van der Waals surface area contributed by atoms with Gasteiger partial charge in [0.05, 0.1) is 0 Å². The second-order valence-electron chi connectivity index (χ2n) is 11.3. The van der Waals surface area contributed by atoms with E-state index < -0.39 is 29.7 Å². The smallest absolute Gasteiger partial charge is 0.408 e. The summed E-state index contributed by atoms with van der Waals surface area (Å²) in [5, 5.41) is 15.6. The van der Waals surface area contributed by atoms with Crippen molar-refractivity contribution < 1.29 is 24.2 Å². The molecule has 0 aliphatic heterocycles. The molecule has 2 atom stereocenters. The van der Waals surface area contributed by atoms with Gasteiger partial charge in [0.2, 0.25) is 11.8 Å². The number of ether oxygens (including phenoxy) is 1. The molecule has 41 heavy (non-hydrogen) atoms. The molecule has 2 aromatic rings. The highest BCUT2D eigenvalue weighted by Gasteiger charge is 2.37. The summed E-state index contributed by atoms with van der Waals surface area (Å²) in [5.74, 6) is 1.89. The Kier molecular flexibility index (Phi) is 11.0. The molecule has 1 saturated carbocycles. The van der Waals surface area contributed by atoms with Crippen LogP contribution in [0.3, 0.4) is 0 Å². The van der Waals surface area contributed by atoms with E-state index in [1.54, 1.807) is 63.2 Å². The highest BCUT2D eigenvalue weighted by Crippen LogP contribution is 2.28. The number of aromatic hydroxyl groups is 1. The van der Waals surface area contributed by atoms with Crippen LogP contribution in [0.1, 0.15) is 75.6 Å². The second kappa shape index (κ2) is 14.4. The van der Waals surface area contributed by atoms with Crippen LogP contribution < -0.4 is 10.6 Å². The molecule has 8 heteroatoms. The van der Waals surface area contributed by atoms with Gasteiger partial charge in [-0.15, -0.1) is 13.0 Å². The van der Waals surface area contributed by atoms with Gasteiger partial charge in [-0.3, -0.25) is 9.59 Å². The van der Waals surface area contributed by atoms with Gasteiger partial charge >= 0.3 is 6.09 Å². The molecule has 1 aliphatic carbocycles. The van der Waals surface area contributed by atoms with Crippen LogP contribution in [0.4, 0.5) is 4.79 Å². The van der Waals surface area contributed by atoms with Crippen molar-refractivity contribution in [3.8, 4) is 18.1 Å². The maximum Gasteiger partial charge on any atom is 0.408 e. The molecule has 0 heterocycles. The van der Waals surface area contributed by atoms with Crippen molar-refractivity contribution in [1.29, 1.82) is 0 Å². The molecule has 0 bridgehead atoms. The fraction of sp³-hybridized carbons (Fsp3) is 0.424. The maximum absolute atomic E-state index is 14.3. The minimum absolute atomic E-state index is 0.00473. The quantitative estimate of drug-likeness (QED) is 0.280. The van der Waals surface area contributed by atoms with Gasteiger partial charge in [0.15, 0.2) is 0 Å². The predicted molar refractivity (Wildman–Crippen MR) is 159 cm³/mol. The summed E-state index contributed by atoms with van der Waals surface area (Å²) >= 11 is 0. The van der Waals surface area contributed by atoms with E-state index in [2.05, 4.69) is 23.1 Å². The van der Waals surface area contributed by atoms with E-state index in [9.17, 15) is 19.5 Å². The fourth-order valence-corrected chi connectivity index (χ4v) is 5.02. The predicted octanol–water partition coefficient (Wildman–Crippen LogP) is 5.01. The number of phenols is 1. The standard InChI is InChI=1S/C33H41N3O5/c1-6-21-36(29(27-16-12-11-13-24(27)7-2)30(38)34-25-14-9-8-10-15-25)31(39)28(35-32(40)41-33(3,4)5)22-23-17-19-26(37)20-18-23/h2,6,11-13,16-20,25,28-29,37H,1,8-10,14-15,21-22H2,3-5H3,(H,34,38)(H,35,40). The van der Waals surface area contributed by atoms with Crippen LogP contribution in [-0.4, -0.2) is 52.1 Å². The molecule has 1 aliphatic rings. The minimum Gasteiger partial charge on any atom is -0.508 e. The zero-order valence-electron chi connectivity index (χ0n) is 24.2. The number of benzene rings is 2. The highest BCUT2D eigenvalue weighted by atomic mass is 16.6. The van der Waals surface area contributed by atoms with Gasteiger partial charge in [-0.25, -0.2) is 4.79 Å². The number of terminal acetylenes is 1. The van der Waals surface area contributed by atoms with E-state index in [-0.39, 0.29) is 30.7 Å². The first-order chi connectivity index (χ1) is 19.5. The van der Waals surface area contributed by atoms with Crippen molar-refractivity contribution in [3.05, 3.63) is 77.9 Å². The Morgan fingerprint density at radius 2 is 1.78 bits per heavy atom. The van der Waals surface area contributed by atoms with Crippen LogP contribution in [-0.2, 0) is 20.7 Å². The van der Waals surface area contributed by atoms with Gasteiger partial charge in [-0.2, -0.15) is 0 Å². The molecule has 3 amide bonds. The van der Waals surface area contributed by atoms with E-state index in [1.165, 1.54) is 17.0 Å². The Bertz CT molecular complexity index is 1250. The zero-order valence-corrected chi connectivity index (χ0v) is 24.2. The zero-order chi connectivity index (χ0) is 30.0. The van der Waals surface area contributed by atoms with Crippen molar-refractivity contribution >= 4 is 17.9 Å². The number of nitrogens with zero attached hydrogens (tertiary/aromatic N) is 1. The number of amides is 3. The normalized spacial score (nSPS) is 15.1. The molecule has 1 fully saturated rings. The summed E-state index contributed by atoms with van der Waals surface area (Å²) in [6.45, 7) is 9.06. The Morgan fingerprint density at radius 3 is 2.39 bits per heavy atom. The number of phenolic OH excluding ortho intramolecular Hbond substituents is 1. The summed E-state index contributed by atoms with van der Waals surface area (Å²) in [7, 11) is 0. The lowest BCUT2D eigenvalue weighted by atomic mass is 9.93. The van der Waals surface area contributed by atoms with E-state index in [0.29, 0.717) is 16.7 Å². The Balaban J connectivity index is 2.03. The van der Waals surface area contributed by atoms with Crippen molar-refractivity contribution in [2.75, 3.05) is 6.54 Å². The minimum atomic E-state index is -1.09. The molecule has 0 saturated heterocycles. The van der Waals surface area contributed by atoms with Gasteiger partial charge in [0.1, 0.15) is 23.4 Å². The second-order valence-corrected chi connectivity index (χ2v) is 11.3. The number of alkyl carbamates (subject to hydrolysis) is 1. The summed E-state index contributed by atoms with van der Waals surface area (Å²) in [4.78, 5) is 42.6. The first kappa shape index (κ1) is 31.3. The lowest BCUT2D eigenvalue weighted by molar-refractivity contribution is -0.142. The highest BCUT2D eigenvalue weighted by molar-refractivity contribution is 5.93. The average molecular weight is 560 g/mol. The lowest BCUT2D eigenvalue weighted by Gasteiger charge is -2.35. The van der Waals surface area contributed by atoms with Crippen LogP contribution in [0.25, 0.3) is 0 Å². The summed E-state index contributed by atoms with van der Waals surface area (Å²) in [6, 6.07) is 11.3. The molecule has 2 unspecified atom stereocenters. The van der Waals surface area contributed by atoms with Crippen LogP contribution in [0.2, 0.25) is 0 Å². The van der Waals surface area contributed by atoms with Gasteiger partial charge in [-0.1, -0.05) is 61.6 Å². The van der Waals surface area contributed by atoms with E-state index >= 15 is 0 Å². The van der Waals surface area contributed by atoms with Crippen LogP contribution in [0, 0.1) is 12.3 Å². The topological polar surface area (TPSA) is 108 Å². The SMILES string of the molecule is C#Cc1ccccc1C(C(=O)NC1CCCCC1)N(CC=C)C(=O)C(Cc1ccc(O)cc1)NC(=O)OC(C)(C)C. The third kappa shape index (κ3) is 9.14. The first-order valence-electron chi connectivity index (χ1n) is 14.1. The largest absolute Gasteiger partial charge is 0.508 e. The molecule has 0 radical (unpaired) electrons. The van der Waals surface area contributed by atoms with Crippen LogP contribution >= 0.6 is 0 Å². The summed E-state index contributed by atoms with van der Waals surface area (Å²) < 4.78 is 5.46. The van der Waals surface area contributed by atoms with Crippen LogP contribution in [0.15, 0.2) is 61.2 Å². The van der Waals surface area contributed by atoms with Crippen molar-refractivity contribution in [2.24, 2.45) is 0 Å². The number of carbonyl (C=O) groups excluding carboxylic acids is 3. The summed E-state index contributed by atoms with van der Waals surface area (Å²) in [5.41, 5.74) is 0.918. The first-order valence-corrected chi connectivity index (χ1v) is 14.1. The number of nitrogens with one attached hydrogen (secondary N) is 2. The lowest BCUT2D eigenvalue weighted by Crippen LogP contribution is -2.54. The number of rotatable bonds is 10. The van der Waals surface area contributed by atoms with Crippen LogP contribution in [0.5, 0.6) is 5.75 Å². The maximum atomic E-state index is 14.3. The third-order valence-electron chi connectivity index (χ3n) is 6.90. The van der Waals surface area contributed by atoms with Gasteiger partial charge in [0.25, 0.3) is 0 Å². The molecule has 0 spiro atoms. The Hall–Kier alpha value is -4.25. The number of carbonyl (C=O) groups is 3.